The number of anilines is 1. The van der Waals surface area contributed by atoms with Gasteiger partial charge in [0.25, 0.3) is 0 Å². The van der Waals surface area contributed by atoms with E-state index >= 15 is 0 Å². The number of rotatable bonds is 5. The van der Waals surface area contributed by atoms with Gasteiger partial charge in [-0.2, -0.15) is 0 Å². The first-order valence-electron chi connectivity index (χ1n) is 5.65. The van der Waals surface area contributed by atoms with Gasteiger partial charge in [-0.05, 0) is 23.3 Å². The standard InChI is InChI=1S/C13H16N2O4/c1-16-7-8-4-11(17-2)12(18-3)5-9(8)10-6-15-19-13(10)14/h4-6H,7,14H2,1-3H3. The van der Waals surface area contributed by atoms with Gasteiger partial charge in [-0.25, -0.2) is 0 Å². The van der Waals surface area contributed by atoms with Crippen LogP contribution in [0.1, 0.15) is 5.56 Å². The van der Waals surface area contributed by atoms with Crippen LogP contribution in [-0.4, -0.2) is 26.5 Å². The Morgan fingerprint density at radius 3 is 2.32 bits per heavy atom. The van der Waals surface area contributed by atoms with E-state index in [9.17, 15) is 0 Å². The van der Waals surface area contributed by atoms with Gasteiger partial charge >= 0.3 is 0 Å². The maximum absolute atomic E-state index is 5.76. The van der Waals surface area contributed by atoms with E-state index in [1.54, 1.807) is 27.5 Å². The molecule has 2 N–H and O–H groups in total. The van der Waals surface area contributed by atoms with Gasteiger partial charge in [-0.15, -0.1) is 0 Å². The molecule has 6 heteroatoms. The molecule has 0 fully saturated rings. The summed E-state index contributed by atoms with van der Waals surface area (Å²) in [5.74, 6) is 1.50. The average molecular weight is 264 g/mol. The monoisotopic (exact) mass is 264 g/mol. The number of hydrogen-bond donors (Lipinski definition) is 1. The van der Waals surface area contributed by atoms with Gasteiger partial charge in [-0.1, -0.05) is 5.16 Å². The first-order chi connectivity index (χ1) is 9.21. The third-order valence-electron chi connectivity index (χ3n) is 2.80. The molecule has 2 rings (SSSR count). The summed E-state index contributed by atoms with van der Waals surface area (Å²) >= 11 is 0. The molecule has 2 aromatic rings. The molecule has 0 aliphatic carbocycles. The average Bonchev–Trinajstić information content (AvgIpc) is 2.84. The molecule has 1 aromatic heterocycles. The van der Waals surface area contributed by atoms with Gasteiger partial charge in [0.2, 0.25) is 5.88 Å². The molecule has 19 heavy (non-hydrogen) atoms. The van der Waals surface area contributed by atoms with Crippen molar-refractivity contribution in [3.8, 4) is 22.6 Å². The first kappa shape index (κ1) is 13.2. The van der Waals surface area contributed by atoms with E-state index in [0.29, 0.717) is 23.7 Å². The van der Waals surface area contributed by atoms with Crippen LogP contribution in [0.2, 0.25) is 0 Å². The van der Waals surface area contributed by atoms with Crippen molar-refractivity contribution in [2.75, 3.05) is 27.1 Å². The lowest BCUT2D eigenvalue weighted by atomic mass is 10.0. The summed E-state index contributed by atoms with van der Waals surface area (Å²) in [4.78, 5) is 0. The lowest BCUT2D eigenvalue weighted by molar-refractivity contribution is 0.185. The van der Waals surface area contributed by atoms with Gasteiger partial charge in [0, 0.05) is 7.11 Å². The van der Waals surface area contributed by atoms with Crippen molar-refractivity contribution >= 4 is 5.88 Å². The highest BCUT2D eigenvalue weighted by molar-refractivity contribution is 5.77. The fourth-order valence-corrected chi connectivity index (χ4v) is 1.90. The summed E-state index contributed by atoms with van der Waals surface area (Å²) in [5.41, 5.74) is 8.22. The molecule has 0 radical (unpaired) electrons. The van der Waals surface area contributed by atoms with Crippen LogP contribution in [0.3, 0.4) is 0 Å². The molecule has 0 aliphatic heterocycles. The van der Waals surface area contributed by atoms with E-state index < -0.39 is 0 Å². The smallest absolute Gasteiger partial charge is 0.229 e. The fourth-order valence-electron chi connectivity index (χ4n) is 1.90. The number of benzene rings is 1. The van der Waals surface area contributed by atoms with Crippen molar-refractivity contribution in [3.63, 3.8) is 0 Å². The van der Waals surface area contributed by atoms with Crippen molar-refractivity contribution in [1.29, 1.82) is 0 Å². The second-order valence-electron chi connectivity index (χ2n) is 3.90. The van der Waals surface area contributed by atoms with Crippen LogP contribution >= 0.6 is 0 Å². The summed E-state index contributed by atoms with van der Waals surface area (Å²) in [6, 6.07) is 3.68. The summed E-state index contributed by atoms with van der Waals surface area (Å²) in [6.45, 7) is 0.417. The fraction of sp³-hybridized carbons (Fsp3) is 0.308. The third-order valence-corrected chi connectivity index (χ3v) is 2.80. The third kappa shape index (κ3) is 2.48. The van der Waals surface area contributed by atoms with Crippen molar-refractivity contribution < 1.29 is 18.7 Å². The summed E-state index contributed by atoms with van der Waals surface area (Å²) in [7, 11) is 4.79. The van der Waals surface area contributed by atoms with E-state index in [1.807, 2.05) is 12.1 Å². The van der Waals surface area contributed by atoms with E-state index in [4.69, 9.17) is 24.5 Å². The van der Waals surface area contributed by atoms with Gasteiger partial charge in [0.1, 0.15) is 0 Å². The van der Waals surface area contributed by atoms with Crippen LogP contribution in [0, 0.1) is 0 Å². The molecule has 6 nitrogen and oxygen atoms in total. The number of hydrogen-bond acceptors (Lipinski definition) is 6. The zero-order valence-corrected chi connectivity index (χ0v) is 11.1. The zero-order valence-electron chi connectivity index (χ0n) is 11.1. The van der Waals surface area contributed by atoms with Crippen LogP contribution in [0.25, 0.3) is 11.1 Å². The molecule has 0 amide bonds. The van der Waals surface area contributed by atoms with Crippen LogP contribution < -0.4 is 15.2 Å². The first-order valence-corrected chi connectivity index (χ1v) is 5.65. The highest BCUT2D eigenvalue weighted by atomic mass is 16.5. The number of ether oxygens (including phenoxy) is 3. The van der Waals surface area contributed by atoms with Crippen LogP contribution in [0.15, 0.2) is 22.9 Å². The Kier molecular flexibility index (Phi) is 3.91. The Balaban J connectivity index is 2.60. The summed E-state index contributed by atoms with van der Waals surface area (Å²) in [5, 5.41) is 3.68. The Hall–Kier alpha value is -2.21. The molecular weight excluding hydrogens is 248 g/mol. The van der Waals surface area contributed by atoms with Crippen molar-refractivity contribution in [2.45, 2.75) is 6.61 Å². The van der Waals surface area contributed by atoms with E-state index in [2.05, 4.69) is 5.16 Å². The molecular formula is C13H16N2O4. The van der Waals surface area contributed by atoms with E-state index in [0.717, 1.165) is 11.1 Å². The zero-order chi connectivity index (χ0) is 13.8. The van der Waals surface area contributed by atoms with E-state index in [1.165, 1.54) is 0 Å². The number of aromatic nitrogens is 1. The molecule has 0 saturated heterocycles. The quantitative estimate of drug-likeness (QED) is 0.890. The van der Waals surface area contributed by atoms with Gasteiger partial charge in [0.15, 0.2) is 11.5 Å². The lowest BCUT2D eigenvalue weighted by Gasteiger charge is -2.13. The van der Waals surface area contributed by atoms with Gasteiger partial charge < -0.3 is 24.5 Å². The normalized spacial score (nSPS) is 10.5. The molecule has 1 heterocycles. The van der Waals surface area contributed by atoms with Gasteiger partial charge in [-0.3, -0.25) is 0 Å². The molecule has 1 aromatic carbocycles. The van der Waals surface area contributed by atoms with Crippen molar-refractivity contribution in [1.82, 2.24) is 5.16 Å². The molecule has 0 atom stereocenters. The predicted octanol–water partition coefficient (Wildman–Crippen LogP) is 2.09. The molecule has 0 unspecified atom stereocenters. The van der Waals surface area contributed by atoms with Crippen LogP contribution in [0.5, 0.6) is 11.5 Å². The van der Waals surface area contributed by atoms with Crippen LogP contribution in [-0.2, 0) is 11.3 Å². The Bertz CT molecular complexity index is 566. The summed E-state index contributed by atoms with van der Waals surface area (Å²) in [6.07, 6.45) is 1.57. The van der Waals surface area contributed by atoms with E-state index in [-0.39, 0.29) is 5.88 Å². The SMILES string of the molecule is COCc1cc(OC)c(OC)cc1-c1cnoc1N. The predicted molar refractivity (Wildman–Crippen MR) is 70.2 cm³/mol. The molecule has 0 spiro atoms. The molecule has 0 bridgehead atoms. The molecule has 0 saturated carbocycles. The number of methoxy groups -OCH3 is 3. The molecule has 0 aliphatic rings. The Labute approximate surface area is 111 Å². The minimum Gasteiger partial charge on any atom is -0.493 e. The van der Waals surface area contributed by atoms with Crippen molar-refractivity contribution in [3.05, 3.63) is 23.9 Å². The second kappa shape index (κ2) is 5.62. The lowest BCUT2D eigenvalue weighted by Crippen LogP contribution is -1.98. The largest absolute Gasteiger partial charge is 0.493 e. The molecule has 102 valence electrons. The second-order valence-corrected chi connectivity index (χ2v) is 3.90. The summed E-state index contributed by atoms with van der Waals surface area (Å²) < 4.78 is 20.7. The maximum Gasteiger partial charge on any atom is 0.229 e. The van der Waals surface area contributed by atoms with Gasteiger partial charge in [0.05, 0.1) is 32.6 Å². The minimum atomic E-state index is 0.254. The highest BCUT2D eigenvalue weighted by Gasteiger charge is 2.16. The highest BCUT2D eigenvalue weighted by Crippen LogP contribution is 2.37. The number of nitrogens with two attached hydrogens (primary N) is 1. The van der Waals surface area contributed by atoms with Crippen molar-refractivity contribution in [2.24, 2.45) is 0 Å². The minimum absolute atomic E-state index is 0.254. The maximum atomic E-state index is 5.76. The number of nitrogen functional groups attached to an aromatic ring is 1. The number of nitrogens with zero attached hydrogens (tertiary/aromatic N) is 1. The Morgan fingerprint density at radius 2 is 1.79 bits per heavy atom. The Morgan fingerprint density at radius 1 is 1.11 bits per heavy atom. The topological polar surface area (TPSA) is 79.7 Å². The van der Waals surface area contributed by atoms with Crippen LogP contribution in [0.4, 0.5) is 5.88 Å².